The van der Waals surface area contributed by atoms with Crippen LogP contribution in [-0.2, 0) is 11.3 Å². The van der Waals surface area contributed by atoms with Crippen molar-refractivity contribution in [2.45, 2.75) is 32.2 Å². The van der Waals surface area contributed by atoms with Crippen molar-refractivity contribution < 1.29 is 4.79 Å². The monoisotopic (exact) mass is 351 g/mol. The van der Waals surface area contributed by atoms with Crippen molar-refractivity contribution in [3.63, 3.8) is 0 Å². The lowest BCUT2D eigenvalue weighted by molar-refractivity contribution is -0.133. The van der Waals surface area contributed by atoms with E-state index in [0.717, 1.165) is 36.1 Å². The van der Waals surface area contributed by atoms with E-state index in [0.29, 0.717) is 12.4 Å². The molecule has 2 aromatic heterocycles. The van der Waals surface area contributed by atoms with E-state index >= 15 is 0 Å². The molecule has 0 bridgehead atoms. The highest BCUT2D eigenvalue weighted by Gasteiger charge is 2.26. The Morgan fingerprint density at radius 3 is 3.04 bits per heavy atom. The number of nitrogens with zero attached hydrogens (tertiary/aromatic N) is 4. The Bertz CT molecular complexity index is 1010. The largest absolute Gasteiger partial charge is 0.340 e. The Labute approximate surface area is 150 Å². The van der Waals surface area contributed by atoms with Crippen LogP contribution in [0.4, 0.5) is 0 Å². The fourth-order valence-electron chi connectivity index (χ4n) is 3.64. The molecule has 1 fully saturated rings. The lowest BCUT2D eigenvalue weighted by atomic mass is 9.94. The van der Waals surface area contributed by atoms with Crippen LogP contribution in [0.1, 0.15) is 30.3 Å². The number of amides is 1. The van der Waals surface area contributed by atoms with Crippen LogP contribution in [0.2, 0.25) is 0 Å². The van der Waals surface area contributed by atoms with Gasteiger partial charge >= 0.3 is 0 Å². The molecular weight excluding hydrogens is 330 g/mol. The van der Waals surface area contributed by atoms with Gasteiger partial charge in [0.05, 0.1) is 23.1 Å². The van der Waals surface area contributed by atoms with Crippen LogP contribution >= 0.6 is 0 Å². The van der Waals surface area contributed by atoms with E-state index in [-0.39, 0.29) is 23.9 Å². The standard InChI is InChI=1S/C19H21N5O2/c1-13-21-16(9-18(25)22-13)14-5-4-8-23(10-14)19(26)11-24-12-20-15-6-2-3-7-17(15)24/h2-3,6-7,9,12,14H,4-5,8,10-11H2,1H3,(H,21,22,25)/t14-/m0/s1. The van der Waals surface area contributed by atoms with Gasteiger partial charge in [0.1, 0.15) is 12.4 Å². The summed E-state index contributed by atoms with van der Waals surface area (Å²) in [5.74, 6) is 0.786. The number of fused-ring (bicyclic) bond motifs is 1. The van der Waals surface area contributed by atoms with Crippen LogP contribution < -0.4 is 5.56 Å². The first-order chi connectivity index (χ1) is 12.6. The topological polar surface area (TPSA) is 83.9 Å². The lowest BCUT2D eigenvalue weighted by Gasteiger charge is -2.32. The summed E-state index contributed by atoms with van der Waals surface area (Å²) >= 11 is 0. The van der Waals surface area contributed by atoms with E-state index in [2.05, 4.69) is 15.0 Å². The molecule has 7 nitrogen and oxygen atoms in total. The van der Waals surface area contributed by atoms with Crippen molar-refractivity contribution >= 4 is 16.9 Å². The van der Waals surface area contributed by atoms with Gasteiger partial charge in [0.25, 0.3) is 5.56 Å². The second-order valence-electron chi connectivity index (χ2n) is 6.80. The predicted octanol–water partition coefficient (Wildman–Crippen LogP) is 1.83. The third-order valence-electron chi connectivity index (χ3n) is 4.91. The number of carbonyl (C=O) groups excluding carboxylic acids is 1. The molecule has 3 heterocycles. The van der Waals surface area contributed by atoms with Crippen molar-refractivity contribution in [1.82, 2.24) is 24.4 Å². The highest BCUT2D eigenvalue weighted by molar-refractivity contribution is 5.80. The number of carbonyl (C=O) groups is 1. The lowest BCUT2D eigenvalue weighted by Crippen LogP contribution is -2.41. The molecule has 1 aliphatic rings. The third-order valence-corrected chi connectivity index (χ3v) is 4.91. The zero-order chi connectivity index (χ0) is 18.1. The Morgan fingerprint density at radius 2 is 2.19 bits per heavy atom. The molecule has 134 valence electrons. The average Bonchev–Trinajstić information content (AvgIpc) is 3.04. The van der Waals surface area contributed by atoms with E-state index in [1.54, 1.807) is 19.3 Å². The molecule has 0 saturated carbocycles. The minimum Gasteiger partial charge on any atom is -0.340 e. The maximum Gasteiger partial charge on any atom is 0.251 e. The molecule has 0 spiro atoms. The molecule has 1 aliphatic heterocycles. The van der Waals surface area contributed by atoms with Gasteiger partial charge in [-0.2, -0.15) is 0 Å². The number of H-pyrrole nitrogens is 1. The fraction of sp³-hybridized carbons (Fsp3) is 0.368. The fourth-order valence-corrected chi connectivity index (χ4v) is 3.64. The smallest absolute Gasteiger partial charge is 0.251 e. The molecule has 3 aromatic rings. The second-order valence-corrected chi connectivity index (χ2v) is 6.80. The molecule has 1 amide bonds. The zero-order valence-electron chi connectivity index (χ0n) is 14.7. The Hall–Kier alpha value is -2.96. The number of para-hydroxylation sites is 2. The summed E-state index contributed by atoms with van der Waals surface area (Å²) in [6, 6.07) is 9.34. The minimum absolute atomic E-state index is 0.0689. The first-order valence-corrected chi connectivity index (χ1v) is 8.85. The number of aryl methyl sites for hydroxylation is 1. The Kier molecular flexibility index (Phi) is 4.28. The number of piperidine rings is 1. The highest BCUT2D eigenvalue weighted by Crippen LogP contribution is 2.25. The molecule has 1 N–H and O–H groups in total. The zero-order valence-corrected chi connectivity index (χ0v) is 14.7. The number of aromatic nitrogens is 4. The van der Waals surface area contributed by atoms with Crippen molar-refractivity contribution in [3.05, 3.63) is 58.5 Å². The SMILES string of the molecule is Cc1nc([C@H]2CCCN(C(=O)Cn3cnc4ccccc43)C2)cc(=O)[nH]1. The highest BCUT2D eigenvalue weighted by atomic mass is 16.2. The Balaban J connectivity index is 1.50. The second kappa shape index (κ2) is 6.74. The summed E-state index contributed by atoms with van der Waals surface area (Å²) < 4.78 is 1.89. The predicted molar refractivity (Wildman–Crippen MR) is 97.9 cm³/mol. The maximum atomic E-state index is 12.8. The van der Waals surface area contributed by atoms with Gasteiger partial charge in [0.2, 0.25) is 5.91 Å². The first kappa shape index (κ1) is 16.5. The van der Waals surface area contributed by atoms with Gasteiger partial charge in [-0.25, -0.2) is 9.97 Å². The van der Waals surface area contributed by atoms with Gasteiger partial charge in [-0.1, -0.05) is 12.1 Å². The van der Waals surface area contributed by atoms with Crippen molar-refractivity contribution in [3.8, 4) is 0 Å². The van der Waals surface area contributed by atoms with E-state index in [1.165, 1.54) is 0 Å². The third kappa shape index (κ3) is 3.24. The molecule has 26 heavy (non-hydrogen) atoms. The molecule has 0 aliphatic carbocycles. The minimum atomic E-state index is -0.138. The normalized spacial score (nSPS) is 17.6. The van der Waals surface area contributed by atoms with E-state index < -0.39 is 0 Å². The average molecular weight is 351 g/mol. The molecule has 7 heteroatoms. The first-order valence-electron chi connectivity index (χ1n) is 8.85. The molecule has 1 saturated heterocycles. The van der Waals surface area contributed by atoms with E-state index in [9.17, 15) is 9.59 Å². The van der Waals surface area contributed by atoms with Crippen molar-refractivity contribution in [2.24, 2.45) is 0 Å². The number of imidazole rings is 1. The summed E-state index contributed by atoms with van der Waals surface area (Å²) in [5.41, 5.74) is 2.49. The summed E-state index contributed by atoms with van der Waals surface area (Å²) in [6.45, 7) is 3.39. The van der Waals surface area contributed by atoms with Crippen LogP contribution in [0, 0.1) is 6.92 Å². The molecule has 4 rings (SSSR count). The number of rotatable bonds is 3. The number of benzene rings is 1. The molecular formula is C19H21N5O2. The maximum absolute atomic E-state index is 12.8. The number of hydrogen-bond donors (Lipinski definition) is 1. The molecule has 0 radical (unpaired) electrons. The van der Waals surface area contributed by atoms with Crippen molar-refractivity contribution in [2.75, 3.05) is 13.1 Å². The Morgan fingerprint density at radius 1 is 1.35 bits per heavy atom. The number of nitrogens with one attached hydrogen (secondary N) is 1. The van der Waals surface area contributed by atoms with Gasteiger partial charge in [0.15, 0.2) is 0 Å². The van der Waals surface area contributed by atoms with Crippen LogP contribution in [-0.4, -0.2) is 43.4 Å². The van der Waals surface area contributed by atoms with Crippen LogP contribution in [0.3, 0.4) is 0 Å². The van der Waals surface area contributed by atoms with Crippen LogP contribution in [0.5, 0.6) is 0 Å². The van der Waals surface area contributed by atoms with Gasteiger partial charge in [-0.3, -0.25) is 9.59 Å². The number of likely N-dealkylation sites (tertiary alicyclic amines) is 1. The summed E-state index contributed by atoms with van der Waals surface area (Å²) in [4.78, 5) is 37.9. The number of aromatic amines is 1. The van der Waals surface area contributed by atoms with Crippen LogP contribution in [0.25, 0.3) is 11.0 Å². The van der Waals surface area contributed by atoms with Gasteiger partial charge in [0, 0.05) is 25.1 Å². The summed E-state index contributed by atoms with van der Waals surface area (Å²) in [6.07, 6.45) is 3.56. The van der Waals surface area contributed by atoms with E-state index in [4.69, 9.17) is 0 Å². The summed E-state index contributed by atoms with van der Waals surface area (Å²) in [7, 11) is 0. The van der Waals surface area contributed by atoms with Gasteiger partial charge in [-0.05, 0) is 31.9 Å². The molecule has 1 atom stereocenters. The summed E-state index contributed by atoms with van der Waals surface area (Å²) in [5, 5.41) is 0. The van der Waals surface area contributed by atoms with Gasteiger partial charge in [-0.15, -0.1) is 0 Å². The quantitative estimate of drug-likeness (QED) is 0.780. The molecule has 0 unspecified atom stereocenters. The van der Waals surface area contributed by atoms with E-state index in [1.807, 2.05) is 33.7 Å². The van der Waals surface area contributed by atoms with Crippen LogP contribution in [0.15, 0.2) is 41.5 Å². The van der Waals surface area contributed by atoms with Crippen molar-refractivity contribution in [1.29, 1.82) is 0 Å². The van der Waals surface area contributed by atoms with Gasteiger partial charge < -0.3 is 14.5 Å². The molecule has 1 aromatic carbocycles. The number of hydrogen-bond acceptors (Lipinski definition) is 4.